The molecule has 0 radical (unpaired) electrons. The minimum absolute atomic E-state index is 0.0266. The molecule has 2 aromatic rings. The Morgan fingerprint density at radius 2 is 2.11 bits per heavy atom. The molecule has 0 fully saturated rings. The van der Waals surface area contributed by atoms with E-state index in [-0.39, 0.29) is 10.8 Å². The summed E-state index contributed by atoms with van der Waals surface area (Å²) in [6, 6.07) is 5.78. The number of benzene rings is 1. The van der Waals surface area contributed by atoms with Gasteiger partial charge in [0.25, 0.3) is 5.56 Å². The maximum absolute atomic E-state index is 12.6. The molecule has 0 aliphatic heterocycles. The smallest absolute Gasteiger partial charge is 0.275 e. The van der Waals surface area contributed by atoms with Crippen molar-refractivity contribution >= 4 is 23.5 Å². The highest BCUT2D eigenvalue weighted by molar-refractivity contribution is 6.32. The number of nitrogens with one attached hydrogen (secondary N) is 2. The van der Waals surface area contributed by atoms with Gasteiger partial charge in [-0.1, -0.05) is 23.7 Å². The number of rotatable bonds is 3. The van der Waals surface area contributed by atoms with Crippen LogP contribution in [0.3, 0.4) is 0 Å². The molecular formula is C11H8ClFN4O. The zero-order valence-electron chi connectivity index (χ0n) is 9.02. The summed E-state index contributed by atoms with van der Waals surface area (Å²) in [4.78, 5) is 11.1. The van der Waals surface area contributed by atoms with Gasteiger partial charge in [-0.3, -0.25) is 10.2 Å². The van der Waals surface area contributed by atoms with Crippen molar-refractivity contribution in [2.75, 3.05) is 5.43 Å². The fraction of sp³-hybridized carbons (Fsp3) is 0. The largest absolute Gasteiger partial charge is 0.285 e. The Morgan fingerprint density at radius 1 is 1.39 bits per heavy atom. The van der Waals surface area contributed by atoms with E-state index < -0.39 is 5.56 Å². The molecule has 0 bridgehead atoms. The highest BCUT2D eigenvalue weighted by atomic mass is 35.5. The fourth-order valence-corrected chi connectivity index (χ4v) is 1.32. The van der Waals surface area contributed by atoms with Gasteiger partial charge in [0.05, 0.1) is 12.4 Å². The Bertz CT molecular complexity index is 624. The summed E-state index contributed by atoms with van der Waals surface area (Å²) in [6.45, 7) is 0. The molecule has 18 heavy (non-hydrogen) atoms. The topological polar surface area (TPSA) is 70.1 Å². The first-order valence-electron chi connectivity index (χ1n) is 4.94. The van der Waals surface area contributed by atoms with Crippen LogP contribution in [0.1, 0.15) is 5.56 Å². The number of hydrazone groups is 1. The number of halogens is 2. The first-order valence-corrected chi connectivity index (χ1v) is 5.32. The van der Waals surface area contributed by atoms with Gasteiger partial charge in [0.1, 0.15) is 16.5 Å². The van der Waals surface area contributed by atoms with Crippen molar-refractivity contribution in [1.82, 2.24) is 10.2 Å². The van der Waals surface area contributed by atoms with E-state index in [2.05, 4.69) is 20.7 Å². The highest BCUT2D eigenvalue weighted by Gasteiger charge is 2.02. The molecule has 0 unspecified atom stereocenters. The lowest BCUT2D eigenvalue weighted by molar-refractivity contribution is 0.628. The molecular weight excluding hydrogens is 259 g/mol. The molecule has 1 aromatic heterocycles. The number of anilines is 1. The number of hydrogen-bond acceptors (Lipinski definition) is 4. The summed E-state index contributed by atoms with van der Waals surface area (Å²) in [5.74, 6) is -0.318. The average molecular weight is 267 g/mol. The van der Waals surface area contributed by atoms with Gasteiger partial charge >= 0.3 is 0 Å². The van der Waals surface area contributed by atoms with Crippen molar-refractivity contribution in [2.45, 2.75) is 0 Å². The Labute approximate surface area is 106 Å². The van der Waals surface area contributed by atoms with Crippen molar-refractivity contribution in [3.8, 4) is 0 Å². The van der Waals surface area contributed by atoms with Gasteiger partial charge < -0.3 is 0 Å². The van der Waals surface area contributed by atoms with Crippen LogP contribution in [-0.2, 0) is 0 Å². The van der Waals surface area contributed by atoms with E-state index in [0.717, 1.165) is 0 Å². The summed E-state index contributed by atoms with van der Waals surface area (Å²) in [5.41, 5.74) is 3.07. The molecule has 0 saturated heterocycles. The number of H-pyrrole nitrogens is 1. The Balaban J connectivity index is 2.09. The van der Waals surface area contributed by atoms with Crippen LogP contribution in [0.5, 0.6) is 0 Å². The molecule has 0 spiro atoms. The Hall–Kier alpha value is -2.21. The lowest BCUT2D eigenvalue weighted by Crippen LogP contribution is -2.10. The first kappa shape index (κ1) is 12.3. The zero-order chi connectivity index (χ0) is 13.0. The van der Waals surface area contributed by atoms with E-state index in [4.69, 9.17) is 11.6 Å². The highest BCUT2D eigenvalue weighted by Crippen LogP contribution is 2.13. The van der Waals surface area contributed by atoms with E-state index in [1.807, 2.05) is 0 Å². The SMILES string of the molecule is O=c1[nH]ncc(N/N=C\c2ccc(F)cc2)c1Cl. The van der Waals surface area contributed by atoms with Crippen LogP contribution in [0.2, 0.25) is 5.02 Å². The van der Waals surface area contributed by atoms with Crippen molar-refractivity contribution in [2.24, 2.45) is 5.10 Å². The van der Waals surface area contributed by atoms with Crippen molar-refractivity contribution in [3.05, 3.63) is 57.2 Å². The van der Waals surface area contributed by atoms with Gasteiger partial charge in [-0.15, -0.1) is 0 Å². The third-order valence-corrected chi connectivity index (χ3v) is 2.44. The van der Waals surface area contributed by atoms with E-state index in [1.54, 1.807) is 12.1 Å². The number of aromatic amines is 1. The summed E-state index contributed by atoms with van der Waals surface area (Å²) in [5, 5.41) is 9.60. The van der Waals surface area contributed by atoms with Crippen LogP contribution in [0.15, 0.2) is 40.4 Å². The normalized spacial score (nSPS) is 10.8. The van der Waals surface area contributed by atoms with Crippen LogP contribution in [0, 0.1) is 5.82 Å². The van der Waals surface area contributed by atoms with Crippen molar-refractivity contribution < 1.29 is 4.39 Å². The molecule has 0 aliphatic rings. The predicted molar refractivity (Wildman–Crippen MR) is 67.5 cm³/mol. The summed E-state index contributed by atoms with van der Waals surface area (Å²) in [7, 11) is 0. The van der Waals surface area contributed by atoms with Gasteiger partial charge in [-0.25, -0.2) is 9.49 Å². The monoisotopic (exact) mass is 266 g/mol. The summed E-state index contributed by atoms with van der Waals surface area (Å²) in [6.07, 6.45) is 2.81. The molecule has 0 atom stereocenters. The minimum Gasteiger partial charge on any atom is -0.275 e. The molecule has 1 aromatic carbocycles. The second kappa shape index (κ2) is 5.42. The zero-order valence-corrected chi connectivity index (χ0v) is 9.78. The van der Waals surface area contributed by atoms with Crippen molar-refractivity contribution in [1.29, 1.82) is 0 Å². The second-order valence-corrected chi connectivity index (χ2v) is 3.73. The second-order valence-electron chi connectivity index (χ2n) is 3.35. The van der Waals surface area contributed by atoms with Gasteiger partial charge in [-0.2, -0.15) is 10.2 Å². The summed E-state index contributed by atoms with van der Waals surface area (Å²) >= 11 is 5.73. The van der Waals surface area contributed by atoms with E-state index in [0.29, 0.717) is 11.3 Å². The molecule has 7 heteroatoms. The molecule has 0 saturated carbocycles. The fourth-order valence-electron chi connectivity index (χ4n) is 1.19. The molecule has 0 amide bonds. The van der Waals surface area contributed by atoms with Gasteiger partial charge in [0.2, 0.25) is 0 Å². The van der Waals surface area contributed by atoms with Crippen LogP contribution < -0.4 is 11.0 Å². The first-order chi connectivity index (χ1) is 8.66. The lowest BCUT2D eigenvalue weighted by atomic mass is 10.2. The standard InChI is InChI=1S/C11H8ClFN4O/c12-10-9(6-15-17-11(10)18)16-14-5-7-1-3-8(13)4-2-7/h1-6H,(H2,16,17,18)/b14-5-. The van der Waals surface area contributed by atoms with E-state index in [1.165, 1.54) is 24.5 Å². The van der Waals surface area contributed by atoms with Crippen LogP contribution >= 0.6 is 11.6 Å². The molecule has 2 rings (SSSR count). The van der Waals surface area contributed by atoms with Gasteiger partial charge in [0.15, 0.2) is 0 Å². The van der Waals surface area contributed by atoms with Gasteiger partial charge in [0, 0.05) is 0 Å². The number of hydrogen-bond donors (Lipinski definition) is 2. The van der Waals surface area contributed by atoms with E-state index in [9.17, 15) is 9.18 Å². The van der Waals surface area contributed by atoms with Crippen molar-refractivity contribution in [3.63, 3.8) is 0 Å². The average Bonchev–Trinajstić information content (AvgIpc) is 2.37. The quantitative estimate of drug-likeness (QED) is 0.659. The molecule has 92 valence electrons. The van der Waals surface area contributed by atoms with Gasteiger partial charge in [-0.05, 0) is 17.7 Å². The van der Waals surface area contributed by atoms with Crippen LogP contribution in [0.4, 0.5) is 10.1 Å². The molecule has 0 aliphatic carbocycles. The lowest BCUT2D eigenvalue weighted by Gasteiger charge is -2.00. The Kier molecular flexibility index (Phi) is 3.69. The summed E-state index contributed by atoms with van der Waals surface area (Å²) < 4.78 is 12.6. The van der Waals surface area contributed by atoms with E-state index >= 15 is 0 Å². The molecule has 1 heterocycles. The third-order valence-electron chi connectivity index (χ3n) is 2.06. The molecule has 5 nitrogen and oxygen atoms in total. The predicted octanol–water partition coefficient (Wildman–Crippen LogP) is 2.01. The number of nitrogens with zero attached hydrogens (tertiary/aromatic N) is 2. The maximum Gasteiger partial charge on any atom is 0.285 e. The third kappa shape index (κ3) is 2.92. The molecule has 2 N–H and O–H groups in total. The maximum atomic E-state index is 12.6. The Morgan fingerprint density at radius 3 is 2.83 bits per heavy atom. The number of aromatic nitrogens is 2. The van der Waals surface area contributed by atoms with Crippen LogP contribution in [0.25, 0.3) is 0 Å². The van der Waals surface area contributed by atoms with Crippen LogP contribution in [-0.4, -0.2) is 16.4 Å². The minimum atomic E-state index is -0.501.